The average molecular weight is 364 g/mol. The minimum atomic E-state index is -1.01. The molecule has 0 N–H and O–H groups in total. The molecule has 0 amide bonds. The Morgan fingerprint density at radius 1 is 1.20 bits per heavy atom. The fourth-order valence-corrected chi connectivity index (χ4v) is 2.57. The van der Waals surface area contributed by atoms with Gasteiger partial charge in [0.25, 0.3) is 0 Å². The summed E-state index contributed by atoms with van der Waals surface area (Å²) >= 11 is 9.47. The molecule has 1 aromatic rings. The van der Waals surface area contributed by atoms with E-state index >= 15 is 0 Å². The summed E-state index contributed by atoms with van der Waals surface area (Å²) in [6, 6.07) is 5.28. The van der Waals surface area contributed by atoms with Gasteiger partial charge in [0.05, 0.1) is 13.2 Å². The van der Waals surface area contributed by atoms with Gasteiger partial charge in [0.1, 0.15) is 0 Å². The second-order valence-electron chi connectivity index (χ2n) is 3.96. The fourth-order valence-electron chi connectivity index (χ4n) is 1.68. The highest BCUT2D eigenvalue weighted by molar-refractivity contribution is 9.10. The van der Waals surface area contributed by atoms with Gasteiger partial charge in [0, 0.05) is 9.50 Å². The van der Waals surface area contributed by atoms with Crippen molar-refractivity contribution in [3.63, 3.8) is 0 Å². The zero-order chi connectivity index (χ0) is 15.1. The highest BCUT2D eigenvalue weighted by atomic mass is 79.9. The summed E-state index contributed by atoms with van der Waals surface area (Å²) in [5, 5.41) is 0.484. The number of hydrogen-bond acceptors (Lipinski definition) is 4. The largest absolute Gasteiger partial charge is 0.465 e. The van der Waals surface area contributed by atoms with Crippen LogP contribution in [0.4, 0.5) is 0 Å². The van der Waals surface area contributed by atoms with E-state index < -0.39 is 17.9 Å². The van der Waals surface area contributed by atoms with E-state index in [9.17, 15) is 9.59 Å². The number of carbonyl (C=O) groups excluding carboxylic acids is 2. The van der Waals surface area contributed by atoms with Crippen molar-refractivity contribution in [1.29, 1.82) is 0 Å². The number of rotatable bonds is 6. The van der Waals surface area contributed by atoms with E-state index in [2.05, 4.69) is 15.9 Å². The number of esters is 2. The van der Waals surface area contributed by atoms with Crippen LogP contribution in [-0.4, -0.2) is 25.2 Å². The molecule has 110 valence electrons. The molecule has 6 heteroatoms. The van der Waals surface area contributed by atoms with Gasteiger partial charge < -0.3 is 9.47 Å². The Kier molecular flexibility index (Phi) is 7.02. The summed E-state index contributed by atoms with van der Waals surface area (Å²) in [7, 11) is 0. The van der Waals surface area contributed by atoms with Gasteiger partial charge >= 0.3 is 11.9 Å². The molecule has 0 fully saturated rings. The second-order valence-corrected chi connectivity index (χ2v) is 5.22. The Labute approximate surface area is 131 Å². The van der Waals surface area contributed by atoms with Gasteiger partial charge in [0.2, 0.25) is 0 Å². The number of hydrogen-bond donors (Lipinski definition) is 0. The molecule has 0 atom stereocenters. The van der Waals surface area contributed by atoms with E-state index in [4.69, 9.17) is 21.1 Å². The Morgan fingerprint density at radius 3 is 2.20 bits per heavy atom. The first-order valence-electron chi connectivity index (χ1n) is 6.27. The summed E-state index contributed by atoms with van der Waals surface area (Å²) in [4.78, 5) is 23.8. The maximum absolute atomic E-state index is 11.9. The molecular formula is C14H16BrClO4. The summed E-state index contributed by atoms with van der Waals surface area (Å²) in [6.07, 6.45) is 0.137. The van der Waals surface area contributed by atoms with Crippen molar-refractivity contribution in [2.75, 3.05) is 13.2 Å². The number of halogens is 2. The normalized spacial score (nSPS) is 10.4. The van der Waals surface area contributed by atoms with Gasteiger partial charge in [-0.2, -0.15) is 0 Å². The van der Waals surface area contributed by atoms with Crippen molar-refractivity contribution in [3.8, 4) is 0 Å². The van der Waals surface area contributed by atoms with Crippen LogP contribution >= 0.6 is 27.5 Å². The summed E-state index contributed by atoms with van der Waals surface area (Å²) < 4.78 is 10.6. The van der Waals surface area contributed by atoms with Gasteiger partial charge in [-0.25, -0.2) is 0 Å². The molecule has 1 aromatic carbocycles. The maximum Gasteiger partial charge on any atom is 0.320 e. The van der Waals surface area contributed by atoms with Gasteiger partial charge in [-0.15, -0.1) is 0 Å². The third kappa shape index (κ3) is 4.49. The molecule has 0 aliphatic rings. The topological polar surface area (TPSA) is 52.6 Å². The van der Waals surface area contributed by atoms with E-state index in [1.807, 2.05) is 0 Å². The SMILES string of the molecule is CCOC(=O)C(Cc1c(Cl)cccc1Br)C(=O)OCC. The number of benzene rings is 1. The van der Waals surface area contributed by atoms with Gasteiger partial charge in [-0.05, 0) is 38.0 Å². The standard InChI is InChI=1S/C14H16BrClO4/c1-3-19-13(17)10(14(18)20-4-2)8-9-11(15)6-5-7-12(9)16/h5-7,10H,3-4,8H2,1-2H3. The minimum Gasteiger partial charge on any atom is -0.465 e. The molecule has 0 aliphatic carbocycles. The quantitative estimate of drug-likeness (QED) is 0.574. The lowest BCUT2D eigenvalue weighted by Crippen LogP contribution is -2.30. The van der Waals surface area contributed by atoms with Crippen molar-refractivity contribution in [1.82, 2.24) is 0 Å². The molecular weight excluding hydrogens is 348 g/mol. The van der Waals surface area contributed by atoms with Crippen LogP contribution in [0.5, 0.6) is 0 Å². The summed E-state index contributed by atoms with van der Waals surface area (Å²) in [6.45, 7) is 3.79. The third-order valence-corrected chi connectivity index (χ3v) is 3.71. The maximum atomic E-state index is 11.9. The first kappa shape index (κ1) is 17.0. The predicted octanol–water partition coefficient (Wildman–Crippen LogP) is 3.39. The Morgan fingerprint density at radius 2 is 1.75 bits per heavy atom. The fraction of sp³-hybridized carbons (Fsp3) is 0.429. The van der Waals surface area contributed by atoms with Gasteiger partial charge in [-0.3, -0.25) is 9.59 Å². The predicted molar refractivity (Wildman–Crippen MR) is 79.6 cm³/mol. The highest BCUT2D eigenvalue weighted by Gasteiger charge is 2.31. The summed E-state index contributed by atoms with van der Waals surface area (Å²) in [5.41, 5.74) is 0.681. The van der Waals surface area contributed by atoms with Crippen LogP contribution in [0.25, 0.3) is 0 Å². The van der Waals surface area contributed by atoms with Crippen LogP contribution in [0.2, 0.25) is 5.02 Å². The molecule has 1 rings (SSSR count). The second kappa shape index (κ2) is 8.27. The van der Waals surface area contributed by atoms with Crippen LogP contribution < -0.4 is 0 Å². The molecule has 0 saturated carbocycles. The molecule has 0 aliphatic heterocycles. The van der Waals surface area contributed by atoms with Gasteiger partial charge in [0.15, 0.2) is 5.92 Å². The third-order valence-electron chi connectivity index (χ3n) is 2.61. The lowest BCUT2D eigenvalue weighted by Gasteiger charge is -2.16. The molecule has 20 heavy (non-hydrogen) atoms. The van der Waals surface area contributed by atoms with Crippen LogP contribution in [0, 0.1) is 5.92 Å². The van der Waals surface area contributed by atoms with E-state index in [-0.39, 0.29) is 19.6 Å². The van der Waals surface area contributed by atoms with Crippen molar-refractivity contribution in [2.24, 2.45) is 5.92 Å². The van der Waals surface area contributed by atoms with E-state index in [0.717, 1.165) is 4.47 Å². The number of carbonyl (C=O) groups is 2. The highest BCUT2D eigenvalue weighted by Crippen LogP contribution is 2.28. The first-order chi connectivity index (χ1) is 9.51. The first-order valence-corrected chi connectivity index (χ1v) is 7.44. The zero-order valence-electron chi connectivity index (χ0n) is 11.3. The molecule has 4 nitrogen and oxygen atoms in total. The lowest BCUT2D eigenvalue weighted by molar-refractivity contribution is -0.161. The van der Waals surface area contributed by atoms with Crippen LogP contribution in [0.1, 0.15) is 19.4 Å². The molecule has 0 saturated heterocycles. The Hall–Kier alpha value is -1.07. The zero-order valence-corrected chi connectivity index (χ0v) is 13.7. The molecule has 0 spiro atoms. The molecule has 0 heterocycles. The molecule has 0 unspecified atom stereocenters. The van der Waals surface area contributed by atoms with Crippen molar-refractivity contribution >= 4 is 39.5 Å². The molecule has 0 radical (unpaired) electrons. The molecule has 0 bridgehead atoms. The van der Waals surface area contributed by atoms with E-state index in [1.165, 1.54) is 0 Å². The Bertz CT molecular complexity index is 452. The average Bonchev–Trinajstić information content (AvgIpc) is 2.38. The van der Waals surface area contributed by atoms with Crippen molar-refractivity contribution in [3.05, 3.63) is 33.3 Å². The monoisotopic (exact) mass is 362 g/mol. The smallest absolute Gasteiger partial charge is 0.320 e. The van der Waals surface area contributed by atoms with Crippen LogP contribution in [-0.2, 0) is 25.5 Å². The number of ether oxygens (including phenoxy) is 2. The van der Waals surface area contributed by atoms with Crippen molar-refractivity contribution < 1.29 is 19.1 Å². The van der Waals surface area contributed by atoms with E-state index in [0.29, 0.717) is 10.6 Å². The minimum absolute atomic E-state index is 0.137. The van der Waals surface area contributed by atoms with E-state index in [1.54, 1.807) is 32.0 Å². The molecule has 0 aromatic heterocycles. The lowest BCUT2D eigenvalue weighted by atomic mass is 9.99. The van der Waals surface area contributed by atoms with Crippen LogP contribution in [0.3, 0.4) is 0 Å². The van der Waals surface area contributed by atoms with Gasteiger partial charge in [-0.1, -0.05) is 33.6 Å². The van der Waals surface area contributed by atoms with Crippen LogP contribution in [0.15, 0.2) is 22.7 Å². The Balaban J connectivity index is 3.00. The van der Waals surface area contributed by atoms with Crippen molar-refractivity contribution in [2.45, 2.75) is 20.3 Å². The summed E-state index contributed by atoms with van der Waals surface area (Å²) in [5.74, 6) is -2.21.